The van der Waals surface area contributed by atoms with Gasteiger partial charge in [-0.05, 0) is 39.6 Å². The van der Waals surface area contributed by atoms with Crippen LogP contribution in [-0.4, -0.2) is 17.3 Å². The van der Waals surface area contributed by atoms with Crippen molar-refractivity contribution in [2.75, 3.05) is 0 Å². The molecule has 0 fully saturated rings. The number of carbonyl (C=O) groups is 1. The average molecular weight is 395 g/mol. The van der Waals surface area contributed by atoms with Gasteiger partial charge in [0, 0.05) is 17.0 Å². The van der Waals surface area contributed by atoms with Gasteiger partial charge >= 0.3 is 0 Å². The number of hydrogen-bond acceptors (Lipinski definition) is 5. The summed E-state index contributed by atoms with van der Waals surface area (Å²) in [5.74, 6) is -0.452. The summed E-state index contributed by atoms with van der Waals surface area (Å²) in [5.41, 5.74) is 8.46. The van der Waals surface area contributed by atoms with Gasteiger partial charge in [-0.1, -0.05) is 42.5 Å². The van der Waals surface area contributed by atoms with Gasteiger partial charge in [0.2, 0.25) is 6.29 Å². The van der Waals surface area contributed by atoms with Crippen LogP contribution in [0.25, 0.3) is 10.1 Å². The van der Waals surface area contributed by atoms with E-state index in [-0.39, 0.29) is 18.3 Å². The van der Waals surface area contributed by atoms with E-state index in [2.05, 4.69) is 17.5 Å². The molecule has 0 saturated heterocycles. The van der Waals surface area contributed by atoms with Crippen molar-refractivity contribution in [1.82, 2.24) is 0 Å². The molecule has 0 aliphatic carbocycles. The number of thiophene rings is 1. The lowest BCUT2D eigenvalue weighted by Gasteiger charge is -2.28. The molecule has 28 heavy (non-hydrogen) atoms. The Morgan fingerprint density at radius 1 is 1.18 bits per heavy atom. The molecule has 2 aromatic carbocycles. The van der Waals surface area contributed by atoms with Crippen molar-refractivity contribution in [3.05, 3.63) is 82.4 Å². The minimum atomic E-state index is -0.592. The first-order valence-corrected chi connectivity index (χ1v) is 9.96. The average Bonchev–Trinajstić information content (AvgIpc) is 3.16. The normalized spacial score (nSPS) is 19.2. The molecule has 0 bridgehead atoms. The van der Waals surface area contributed by atoms with E-state index < -0.39 is 12.2 Å². The first-order valence-electron chi connectivity index (χ1n) is 9.08. The largest absolute Gasteiger partial charge is 0.459 e. The van der Waals surface area contributed by atoms with Gasteiger partial charge in [-0.25, -0.2) is 0 Å². The van der Waals surface area contributed by atoms with Gasteiger partial charge in [0.25, 0.3) is 5.91 Å². The number of fused-ring (bicyclic) bond motifs is 1. The van der Waals surface area contributed by atoms with E-state index in [0.29, 0.717) is 13.0 Å². The van der Waals surface area contributed by atoms with Gasteiger partial charge in [-0.2, -0.15) is 0 Å². The van der Waals surface area contributed by atoms with Crippen LogP contribution in [0.4, 0.5) is 0 Å². The lowest BCUT2D eigenvalue weighted by molar-refractivity contribution is -0.148. The second kappa shape index (κ2) is 8.14. The molecular weight excluding hydrogens is 374 g/mol. The Morgan fingerprint density at radius 3 is 2.68 bits per heavy atom. The van der Waals surface area contributed by atoms with Gasteiger partial charge in [0.15, 0.2) is 5.76 Å². The predicted octanol–water partition coefficient (Wildman–Crippen LogP) is 3.81. The Morgan fingerprint density at radius 2 is 1.93 bits per heavy atom. The molecule has 144 valence electrons. The maximum Gasteiger partial charge on any atom is 0.283 e. The number of allylic oxidation sites excluding steroid dienone is 1. The molecule has 4 rings (SSSR count). The fourth-order valence-corrected chi connectivity index (χ4v) is 4.39. The summed E-state index contributed by atoms with van der Waals surface area (Å²) in [6.45, 7) is 0.357. The molecule has 2 heterocycles. The van der Waals surface area contributed by atoms with Crippen LogP contribution in [-0.2, 0) is 27.5 Å². The van der Waals surface area contributed by atoms with E-state index in [4.69, 9.17) is 20.3 Å². The van der Waals surface area contributed by atoms with Crippen molar-refractivity contribution in [2.24, 2.45) is 5.73 Å². The number of primary amides is 1. The molecule has 6 heteroatoms. The molecule has 1 aliphatic rings. The summed E-state index contributed by atoms with van der Waals surface area (Å²) < 4.78 is 12.8. The fraction of sp³-hybridized carbons (Fsp3) is 0.227. The summed E-state index contributed by atoms with van der Waals surface area (Å²) in [6.07, 6.45) is 1.84. The highest BCUT2D eigenvalue weighted by Crippen LogP contribution is 2.38. The molecule has 1 amide bonds. The Labute approximate surface area is 167 Å². The molecule has 5 nitrogen and oxygen atoms in total. The van der Waals surface area contributed by atoms with Crippen LogP contribution in [0, 0.1) is 0 Å². The number of aliphatic hydroxyl groups excluding tert-OH is 1. The van der Waals surface area contributed by atoms with Crippen molar-refractivity contribution < 1.29 is 19.4 Å². The molecule has 0 saturated carbocycles. The number of aliphatic hydroxyl groups is 1. The van der Waals surface area contributed by atoms with E-state index in [1.54, 1.807) is 17.4 Å². The highest BCUT2D eigenvalue weighted by molar-refractivity contribution is 7.17. The number of amides is 1. The van der Waals surface area contributed by atoms with Gasteiger partial charge < -0.3 is 20.3 Å². The molecule has 1 aromatic heterocycles. The van der Waals surface area contributed by atoms with E-state index in [0.717, 1.165) is 16.7 Å². The highest BCUT2D eigenvalue weighted by atomic mass is 32.1. The molecule has 2 atom stereocenters. The van der Waals surface area contributed by atoms with Crippen LogP contribution in [0.1, 0.15) is 29.0 Å². The van der Waals surface area contributed by atoms with Crippen molar-refractivity contribution in [2.45, 2.75) is 31.8 Å². The Balaban J connectivity index is 1.53. The van der Waals surface area contributed by atoms with Crippen molar-refractivity contribution in [3.8, 4) is 0 Å². The Hall–Kier alpha value is -2.67. The number of rotatable bonds is 6. The minimum absolute atomic E-state index is 0.00540. The van der Waals surface area contributed by atoms with Gasteiger partial charge in [0.05, 0.1) is 13.2 Å². The third kappa shape index (κ3) is 3.94. The van der Waals surface area contributed by atoms with Crippen LogP contribution in [0.15, 0.2) is 65.7 Å². The minimum Gasteiger partial charge on any atom is -0.459 e. The van der Waals surface area contributed by atoms with Crippen LogP contribution in [0.3, 0.4) is 0 Å². The smallest absolute Gasteiger partial charge is 0.283 e. The van der Waals surface area contributed by atoms with Crippen LogP contribution < -0.4 is 5.73 Å². The van der Waals surface area contributed by atoms with Crippen molar-refractivity contribution in [3.63, 3.8) is 0 Å². The first kappa shape index (κ1) is 18.7. The lowest BCUT2D eigenvalue weighted by Crippen LogP contribution is -2.29. The summed E-state index contributed by atoms with van der Waals surface area (Å²) in [4.78, 5) is 11.8. The summed E-state index contributed by atoms with van der Waals surface area (Å²) in [7, 11) is 0. The summed E-state index contributed by atoms with van der Waals surface area (Å²) in [5, 5.41) is 12.4. The maximum atomic E-state index is 11.8. The number of nitrogens with two attached hydrogens (primary N) is 1. The quantitative estimate of drug-likeness (QED) is 0.665. The SMILES string of the molecule is NC(=O)C1=C[C@@H](c2csc3ccccc23)C[C@@H](OCc2ccc(CO)cc2)O1. The number of benzene rings is 2. The number of ether oxygens (including phenoxy) is 2. The second-order valence-electron chi connectivity index (χ2n) is 6.76. The standard InChI is InChI=1S/C22H21NO4S/c23-22(25)19-9-16(18-13-28-20-4-2-1-3-17(18)20)10-21(27-19)26-12-15-7-5-14(11-24)6-8-15/h1-9,13,16,21,24H,10-12H2,(H2,23,25)/t16-,21+/m1/s1. The fourth-order valence-electron chi connectivity index (χ4n) is 3.36. The Kier molecular flexibility index (Phi) is 5.43. The Bertz CT molecular complexity index is 1010. The maximum absolute atomic E-state index is 11.8. The predicted molar refractivity (Wildman–Crippen MR) is 108 cm³/mol. The van der Waals surface area contributed by atoms with E-state index in [1.807, 2.05) is 36.4 Å². The molecule has 3 N–H and O–H groups in total. The van der Waals surface area contributed by atoms with Crippen LogP contribution >= 0.6 is 11.3 Å². The first-order chi connectivity index (χ1) is 13.6. The topological polar surface area (TPSA) is 81.8 Å². The van der Waals surface area contributed by atoms with Crippen LogP contribution in [0.5, 0.6) is 0 Å². The zero-order valence-corrected chi connectivity index (χ0v) is 16.0. The highest BCUT2D eigenvalue weighted by Gasteiger charge is 2.29. The zero-order valence-electron chi connectivity index (χ0n) is 15.2. The second-order valence-corrected chi connectivity index (χ2v) is 7.67. The summed E-state index contributed by atoms with van der Waals surface area (Å²) in [6, 6.07) is 15.7. The molecule has 1 aliphatic heterocycles. The van der Waals surface area contributed by atoms with E-state index in [1.165, 1.54) is 10.1 Å². The molecule has 0 unspecified atom stereocenters. The van der Waals surface area contributed by atoms with Crippen molar-refractivity contribution >= 4 is 27.3 Å². The number of carbonyl (C=O) groups excluding carboxylic acids is 1. The summed E-state index contributed by atoms with van der Waals surface area (Å²) >= 11 is 1.68. The molecular formula is C22H21NO4S. The van der Waals surface area contributed by atoms with E-state index >= 15 is 0 Å². The molecule has 0 radical (unpaired) electrons. The molecule has 0 spiro atoms. The van der Waals surface area contributed by atoms with E-state index in [9.17, 15) is 4.79 Å². The van der Waals surface area contributed by atoms with Gasteiger partial charge in [-0.3, -0.25) is 4.79 Å². The third-order valence-electron chi connectivity index (χ3n) is 4.85. The van der Waals surface area contributed by atoms with Crippen molar-refractivity contribution in [1.29, 1.82) is 0 Å². The zero-order chi connectivity index (χ0) is 19.5. The van der Waals surface area contributed by atoms with Gasteiger partial charge in [-0.15, -0.1) is 11.3 Å². The van der Waals surface area contributed by atoms with Crippen LogP contribution in [0.2, 0.25) is 0 Å². The van der Waals surface area contributed by atoms with Gasteiger partial charge in [0.1, 0.15) is 0 Å². The molecule has 3 aromatic rings. The number of hydrogen-bond donors (Lipinski definition) is 2. The monoisotopic (exact) mass is 395 g/mol. The third-order valence-corrected chi connectivity index (χ3v) is 5.83. The lowest BCUT2D eigenvalue weighted by atomic mass is 9.92.